The van der Waals surface area contributed by atoms with Crippen LogP contribution in [0.15, 0.2) is 90.9 Å². The maximum atomic E-state index is 13.8. The van der Waals surface area contributed by atoms with Gasteiger partial charge in [0.2, 0.25) is 23.6 Å². The second-order valence-electron chi connectivity index (χ2n) is 11.2. The molecular weight excluding hydrogens is 622 g/mol. The average Bonchev–Trinajstić information content (AvgIpc) is 3.34. The zero-order chi connectivity index (χ0) is 33.8. The van der Waals surface area contributed by atoms with Crippen molar-refractivity contribution in [3.8, 4) is 5.75 Å². The molecule has 13 heteroatoms. The lowest BCUT2D eigenvalue weighted by atomic mass is 10.0. The van der Waals surface area contributed by atoms with Crippen LogP contribution in [0.25, 0.3) is 0 Å². The molecule has 0 radical (unpaired) electrons. The highest BCUT2D eigenvalue weighted by Gasteiger charge is 2.30. The van der Waals surface area contributed by atoms with Gasteiger partial charge in [-0.05, 0) is 47.4 Å². The highest BCUT2D eigenvalue weighted by Crippen LogP contribution is 2.23. The molecule has 4 rings (SSSR count). The number of aliphatic hydroxyl groups is 1. The molecule has 5 N–H and O–H groups in total. The fourth-order valence-corrected chi connectivity index (χ4v) is 6.09. The van der Waals surface area contributed by atoms with E-state index in [2.05, 4.69) is 22.9 Å². The molecular formula is C34H41N5O7S. The van der Waals surface area contributed by atoms with Crippen LogP contribution in [0.5, 0.6) is 5.75 Å². The van der Waals surface area contributed by atoms with E-state index < -0.39 is 34.1 Å². The first-order valence-electron chi connectivity index (χ1n) is 15.4. The average molecular weight is 664 g/mol. The maximum Gasteiger partial charge on any atom is 0.330 e. The number of rotatable bonds is 16. The SMILES string of the molecule is CCCCCNC(=O)[C@H](Cc1ccc(N2C=C(O)NS2(=O)=O)cc1)NC(=O)[C@H](Cc1ccccc1)NC(=O)Cc1ccc(OC)cc1. The highest BCUT2D eigenvalue weighted by atomic mass is 32.2. The van der Waals surface area contributed by atoms with Crippen LogP contribution in [0.4, 0.5) is 5.69 Å². The van der Waals surface area contributed by atoms with Crippen LogP contribution in [0.1, 0.15) is 42.9 Å². The maximum absolute atomic E-state index is 13.8. The fourth-order valence-electron chi connectivity index (χ4n) is 5.04. The van der Waals surface area contributed by atoms with Gasteiger partial charge in [-0.25, -0.2) is 9.03 Å². The van der Waals surface area contributed by atoms with Crippen LogP contribution in [0.2, 0.25) is 0 Å². The summed E-state index contributed by atoms with van der Waals surface area (Å²) in [5.74, 6) is -1.08. The normalized spacial score (nSPS) is 14.7. The number of amides is 3. The molecule has 3 amide bonds. The molecule has 0 aliphatic carbocycles. The molecule has 47 heavy (non-hydrogen) atoms. The van der Waals surface area contributed by atoms with Crippen LogP contribution < -0.4 is 29.7 Å². The smallest absolute Gasteiger partial charge is 0.330 e. The summed E-state index contributed by atoms with van der Waals surface area (Å²) in [6, 6.07) is 20.8. The first-order chi connectivity index (χ1) is 22.6. The van der Waals surface area contributed by atoms with Crippen molar-refractivity contribution in [1.29, 1.82) is 0 Å². The molecule has 12 nitrogen and oxygen atoms in total. The number of nitrogens with zero attached hydrogens (tertiary/aromatic N) is 1. The number of aliphatic hydroxyl groups excluding tert-OH is 1. The molecule has 0 spiro atoms. The van der Waals surface area contributed by atoms with Crippen molar-refractivity contribution >= 4 is 33.6 Å². The second-order valence-corrected chi connectivity index (χ2v) is 12.7. The molecule has 3 aromatic rings. The Morgan fingerprint density at radius 3 is 2.04 bits per heavy atom. The van der Waals surface area contributed by atoms with E-state index in [1.54, 1.807) is 55.6 Å². The van der Waals surface area contributed by atoms with Crippen molar-refractivity contribution in [2.45, 2.75) is 57.5 Å². The van der Waals surface area contributed by atoms with Gasteiger partial charge in [-0.3, -0.25) is 14.4 Å². The number of hydrogen-bond donors (Lipinski definition) is 5. The predicted molar refractivity (Wildman–Crippen MR) is 179 cm³/mol. The zero-order valence-corrected chi connectivity index (χ0v) is 27.3. The molecule has 0 fully saturated rings. The lowest BCUT2D eigenvalue weighted by Gasteiger charge is -2.24. The monoisotopic (exact) mass is 663 g/mol. The Balaban J connectivity index is 1.51. The summed E-state index contributed by atoms with van der Waals surface area (Å²) in [6.45, 7) is 2.50. The van der Waals surface area contributed by atoms with Crippen molar-refractivity contribution in [2.75, 3.05) is 18.0 Å². The number of hydrogen-bond acceptors (Lipinski definition) is 7. The first-order valence-corrected chi connectivity index (χ1v) is 16.9. The van der Waals surface area contributed by atoms with Crippen LogP contribution in [0, 0.1) is 0 Å². The predicted octanol–water partition coefficient (Wildman–Crippen LogP) is 3.01. The Hall–Kier alpha value is -5.04. The van der Waals surface area contributed by atoms with Gasteiger partial charge in [-0.1, -0.05) is 74.4 Å². The third kappa shape index (κ3) is 10.2. The van der Waals surface area contributed by atoms with Gasteiger partial charge in [0.25, 0.3) is 0 Å². The van der Waals surface area contributed by atoms with E-state index >= 15 is 0 Å². The lowest BCUT2D eigenvalue weighted by Crippen LogP contribution is -2.55. The quantitative estimate of drug-likeness (QED) is 0.147. The summed E-state index contributed by atoms with van der Waals surface area (Å²) in [5.41, 5.74) is 2.51. The number of ether oxygens (including phenoxy) is 1. The number of benzene rings is 3. The van der Waals surface area contributed by atoms with E-state index in [4.69, 9.17) is 4.74 Å². The number of methoxy groups -OCH3 is 1. The number of carbonyl (C=O) groups is 3. The molecule has 0 saturated carbocycles. The number of nitrogens with one attached hydrogen (secondary N) is 4. The lowest BCUT2D eigenvalue weighted by molar-refractivity contribution is -0.132. The van der Waals surface area contributed by atoms with E-state index in [0.717, 1.165) is 40.9 Å². The molecule has 250 valence electrons. The Morgan fingerprint density at radius 1 is 0.830 bits per heavy atom. The highest BCUT2D eigenvalue weighted by molar-refractivity contribution is 7.91. The largest absolute Gasteiger partial charge is 0.497 e. The molecule has 1 heterocycles. The third-order valence-corrected chi connectivity index (χ3v) is 8.83. The van der Waals surface area contributed by atoms with Gasteiger partial charge in [0.1, 0.15) is 17.8 Å². The van der Waals surface area contributed by atoms with Crippen LogP contribution in [0.3, 0.4) is 0 Å². The van der Waals surface area contributed by atoms with Crippen molar-refractivity contribution in [3.05, 3.63) is 108 Å². The van der Waals surface area contributed by atoms with Crippen LogP contribution >= 0.6 is 0 Å². The minimum atomic E-state index is -3.96. The van der Waals surface area contributed by atoms with Crippen LogP contribution in [-0.4, -0.2) is 57.0 Å². The zero-order valence-electron chi connectivity index (χ0n) is 26.4. The first kappa shape index (κ1) is 34.8. The summed E-state index contributed by atoms with van der Waals surface area (Å²) >= 11 is 0. The molecule has 3 aromatic carbocycles. The number of unbranched alkanes of at least 4 members (excludes halogenated alkanes) is 2. The summed E-state index contributed by atoms with van der Waals surface area (Å²) < 4.78 is 32.6. The summed E-state index contributed by atoms with van der Waals surface area (Å²) in [6.07, 6.45) is 4.12. The minimum Gasteiger partial charge on any atom is -0.497 e. The Bertz CT molecular complexity index is 1650. The van der Waals surface area contributed by atoms with Crippen molar-refractivity contribution in [2.24, 2.45) is 0 Å². The summed E-state index contributed by atoms with van der Waals surface area (Å²) in [5, 5.41) is 18.2. The van der Waals surface area contributed by atoms with E-state index in [-0.39, 0.29) is 36.8 Å². The van der Waals surface area contributed by atoms with E-state index in [0.29, 0.717) is 17.9 Å². The summed E-state index contributed by atoms with van der Waals surface area (Å²) in [4.78, 5) is 40.3. The molecule has 1 aliphatic heterocycles. The van der Waals surface area contributed by atoms with E-state index in [1.807, 2.05) is 35.1 Å². The van der Waals surface area contributed by atoms with Gasteiger partial charge in [0, 0.05) is 19.4 Å². The van der Waals surface area contributed by atoms with Gasteiger partial charge < -0.3 is 25.8 Å². The Morgan fingerprint density at radius 2 is 1.45 bits per heavy atom. The molecule has 0 aromatic heterocycles. The Labute approximate surface area is 275 Å². The molecule has 1 aliphatic rings. The van der Waals surface area contributed by atoms with Crippen molar-refractivity contribution < 1.29 is 32.6 Å². The van der Waals surface area contributed by atoms with Crippen molar-refractivity contribution in [1.82, 2.24) is 20.7 Å². The van der Waals surface area contributed by atoms with Crippen molar-refractivity contribution in [3.63, 3.8) is 0 Å². The van der Waals surface area contributed by atoms with E-state index in [1.165, 1.54) is 0 Å². The van der Waals surface area contributed by atoms with Gasteiger partial charge in [0.15, 0.2) is 0 Å². The number of anilines is 1. The van der Waals surface area contributed by atoms with Gasteiger partial charge >= 0.3 is 10.2 Å². The van der Waals surface area contributed by atoms with Crippen LogP contribution in [-0.2, 0) is 43.9 Å². The second kappa shape index (κ2) is 16.5. The van der Waals surface area contributed by atoms with Gasteiger partial charge in [-0.15, -0.1) is 0 Å². The van der Waals surface area contributed by atoms with E-state index in [9.17, 15) is 27.9 Å². The Kier molecular flexibility index (Phi) is 12.2. The molecule has 0 saturated heterocycles. The summed E-state index contributed by atoms with van der Waals surface area (Å²) in [7, 11) is -2.40. The topological polar surface area (TPSA) is 166 Å². The third-order valence-electron chi connectivity index (χ3n) is 7.53. The fraction of sp³-hybridized carbons (Fsp3) is 0.324. The molecule has 0 bridgehead atoms. The number of carbonyl (C=O) groups excluding carboxylic acids is 3. The minimum absolute atomic E-state index is 0.0471. The molecule has 2 atom stereocenters. The molecule has 0 unspecified atom stereocenters. The van der Waals surface area contributed by atoms with Gasteiger partial charge in [0.05, 0.1) is 25.4 Å². The van der Waals surface area contributed by atoms with Gasteiger partial charge in [-0.2, -0.15) is 8.42 Å². The standard InChI is InChI=1S/C34H41N5O7S/c1-3-4-8-19-35-33(42)29(21-25-11-15-27(16-12-25)39-23-32(41)38-47(39,44)45)37-34(43)30(20-24-9-6-5-7-10-24)36-31(40)22-26-13-17-28(46-2)18-14-26/h5-7,9-18,23,29-30,38,41H,3-4,8,19-22H2,1-2H3,(H,35,42)(H,36,40)(H,37,43)/t29-,30-/m0/s1.